The molecule has 122 valence electrons. The molecular weight excluding hydrogens is 320 g/mol. The fourth-order valence-electron chi connectivity index (χ4n) is 2.38. The summed E-state index contributed by atoms with van der Waals surface area (Å²) in [6.07, 6.45) is 3.33. The van der Waals surface area contributed by atoms with Crippen LogP contribution in [0.3, 0.4) is 0 Å². The molecule has 0 aromatic heterocycles. The van der Waals surface area contributed by atoms with Crippen molar-refractivity contribution in [2.45, 2.75) is 0 Å². The van der Waals surface area contributed by atoms with E-state index in [2.05, 4.69) is 22.1 Å². The smallest absolute Gasteiger partial charge is 0.0998 e. The predicted octanol–water partition coefficient (Wildman–Crippen LogP) is 4.93. The van der Waals surface area contributed by atoms with E-state index in [9.17, 15) is 0 Å². The SMILES string of the molecule is N#Cc1ccccc1C=Nc1ccccc1N=Cc1ccccc1C#N. The highest BCUT2D eigenvalue weighted by atomic mass is 14.8. The van der Waals surface area contributed by atoms with Crippen LogP contribution in [-0.2, 0) is 0 Å². The molecule has 0 radical (unpaired) electrons. The first-order valence-corrected chi connectivity index (χ1v) is 7.97. The number of benzene rings is 3. The lowest BCUT2D eigenvalue weighted by atomic mass is 10.1. The van der Waals surface area contributed by atoms with Crippen LogP contribution in [-0.4, -0.2) is 12.4 Å². The van der Waals surface area contributed by atoms with Crippen LogP contribution in [0.4, 0.5) is 11.4 Å². The van der Waals surface area contributed by atoms with Gasteiger partial charge in [0, 0.05) is 23.6 Å². The average Bonchev–Trinajstić information content (AvgIpc) is 2.71. The molecule has 0 atom stereocenters. The lowest BCUT2D eigenvalue weighted by molar-refractivity contribution is 1.44. The zero-order valence-electron chi connectivity index (χ0n) is 13.9. The van der Waals surface area contributed by atoms with Gasteiger partial charge in [0.25, 0.3) is 0 Å². The molecule has 0 unspecified atom stereocenters. The molecule has 26 heavy (non-hydrogen) atoms. The number of para-hydroxylation sites is 2. The molecule has 3 aromatic rings. The van der Waals surface area contributed by atoms with Gasteiger partial charge >= 0.3 is 0 Å². The van der Waals surface area contributed by atoms with Crippen molar-refractivity contribution in [1.29, 1.82) is 10.5 Å². The Kier molecular flexibility index (Phi) is 5.30. The molecule has 3 rings (SSSR count). The van der Waals surface area contributed by atoms with Crippen LogP contribution in [0.2, 0.25) is 0 Å². The first kappa shape index (κ1) is 16.8. The molecule has 4 nitrogen and oxygen atoms in total. The number of rotatable bonds is 4. The van der Waals surface area contributed by atoms with Gasteiger partial charge in [-0.15, -0.1) is 0 Å². The van der Waals surface area contributed by atoms with Gasteiger partial charge in [0.15, 0.2) is 0 Å². The van der Waals surface area contributed by atoms with Gasteiger partial charge in [-0.3, -0.25) is 9.98 Å². The van der Waals surface area contributed by atoms with Crippen LogP contribution < -0.4 is 0 Å². The topological polar surface area (TPSA) is 72.3 Å². The summed E-state index contributed by atoms with van der Waals surface area (Å²) in [4.78, 5) is 8.97. The van der Waals surface area contributed by atoms with E-state index in [1.165, 1.54) is 0 Å². The number of hydrogen-bond acceptors (Lipinski definition) is 4. The van der Waals surface area contributed by atoms with Crippen LogP contribution in [0, 0.1) is 22.7 Å². The average molecular weight is 334 g/mol. The van der Waals surface area contributed by atoms with Gasteiger partial charge in [0.1, 0.15) is 0 Å². The molecule has 0 saturated carbocycles. The molecule has 0 bridgehead atoms. The summed E-state index contributed by atoms with van der Waals surface area (Å²) in [5, 5.41) is 18.3. The summed E-state index contributed by atoms with van der Waals surface area (Å²) in [7, 11) is 0. The van der Waals surface area contributed by atoms with E-state index >= 15 is 0 Å². The first-order valence-electron chi connectivity index (χ1n) is 7.97. The minimum atomic E-state index is 0.570. The van der Waals surface area contributed by atoms with Gasteiger partial charge in [-0.05, 0) is 24.3 Å². The fraction of sp³-hybridized carbons (Fsp3) is 0. The Balaban J connectivity index is 1.92. The van der Waals surface area contributed by atoms with Crippen molar-refractivity contribution in [2.24, 2.45) is 9.98 Å². The van der Waals surface area contributed by atoms with Crippen LogP contribution in [0.15, 0.2) is 82.8 Å². The van der Waals surface area contributed by atoms with Crippen molar-refractivity contribution >= 4 is 23.8 Å². The second-order valence-electron chi connectivity index (χ2n) is 5.40. The monoisotopic (exact) mass is 334 g/mol. The lowest BCUT2D eigenvalue weighted by Crippen LogP contribution is -1.87. The standard InChI is InChI=1S/C22H14N4/c23-13-17-7-1-3-9-19(17)15-25-21-11-5-6-12-22(21)26-16-20-10-4-2-8-18(20)14-24/h1-12,15-16H. The summed E-state index contributed by atoms with van der Waals surface area (Å²) in [5.41, 5.74) is 4.02. The van der Waals surface area contributed by atoms with Gasteiger partial charge in [-0.2, -0.15) is 10.5 Å². The maximum absolute atomic E-state index is 9.17. The zero-order valence-corrected chi connectivity index (χ0v) is 13.9. The van der Waals surface area contributed by atoms with E-state index in [0.717, 1.165) is 11.1 Å². The van der Waals surface area contributed by atoms with E-state index in [0.29, 0.717) is 22.5 Å². The minimum Gasteiger partial charge on any atom is -0.254 e. The van der Waals surface area contributed by atoms with E-state index in [1.807, 2.05) is 60.7 Å². The van der Waals surface area contributed by atoms with Gasteiger partial charge in [-0.1, -0.05) is 48.5 Å². The molecular formula is C22H14N4. The minimum absolute atomic E-state index is 0.570. The molecule has 0 saturated heterocycles. The maximum atomic E-state index is 9.17. The van der Waals surface area contributed by atoms with Crippen LogP contribution >= 0.6 is 0 Å². The van der Waals surface area contributed by atoms with Crippen LogP contribution in [0.25, 0.3) is 0 Å². The molecule has 0 N–H and O–H groups in total. The molecule has 0 aliphatic carbocycles. The van der Waals surface area contributed by atoms with E-state index in [1.54, 1.807) is 24.6 Å². The molecule has 3 aromatic carbocycles. The van der Waals surface area contributed by atoms with E-state index < -0.39 is 0 Å². The third-order valence-electron chi connectivity index (χ3n) is 3.73. The molecule has 0 amide bonds. The highest BCUT2D eigenvalue weighted by molar-refractivity contribution is 5.89. The van der Waals surface area contributed by atoms with E-state index in [-0.39, 0.29) is 0 Å². The summed E-state index contributed by atoms with van der Waals surface area (Å²) >= 11 is 0. The zero-order chi connectivity index (χ0) is 18.2. The second kappa shape index (κ2) is 8.19. The molecule has 4 heteroatoms. The Bertz CT molecular complexity index is 979. The Labute approximate surface area is 152 Å². The molecule has 0 aliphatic rings. The normalized spacial score (nSPS) is 10.7. The number of aliphatic imine (C=N–C) groups is 2. The highest BCUT2D eigenvalue weighted by Crippen LogP contribution is 2.27. The highest BCUT2D eigenvalue weighted by Gasteiger charge is 2.01. The Morgan fingerprint density at radius 3 is 1.38 bits per heavy atom. The molecule has 0 fully saturated rings. The van der Waals surface area contributed by atoms with Crippen LogP contribution in [0.1, 0.15) is 22.3 Å². The van der Waals surface area contributed by atoms with Crippen molar-refractivity contribution in [3.05, 3.63) is 95.1 Å². The molecule has 0 spiro atoms. The Hall–Kier alpha value is -4.02. The van der Waals surface area contributed by atoms with Crippen molar-refractivity contribution in [3.63, 3.8) is 0 Å². The Morgan fingerprint density at radius 2 is 0.962 bits per heavy atom. The number of hydrogen-bond donors (Lipinski definition) is 0. The van der Waals surface area contributed by atoms with Crippen LogP contribution in [0.5, 0.6) is 0 Å². The van der Waals surface area contributed by atoms with Gasteiger partial charge in [0.05, 0.1) is 34.6 Å². The number of nitrogens with zero attached hydrogens (tertiary/aromatic N) is 4. The Morgan fingerprint density at radius 1 is 0.577 bits per heavy atom. The van der Waals surface area contributed by atoms with Crippen molar-refractivity contribution < 1.29 is 0 Å². The van der Waals surface area contributed by atoms with Gasteiger partial charge in [0.2, 0.25) is 0 Å². The summed E-state index contributed by atoms with van der Waals surface area (Å²) in [5.74, 6) is 0. The third-order valence-corrected chi connectivity index (χ3v) is 3.73. The van der Waals surface area contributed by atoms with Gasteiger partial charge < -0.3 is 0 Å². The molecule has 0 aliphatic heterocycles. The third kappa shape index (κ3) is 3.90. The molecule has 0 heterocycles. The van der Waals surface area contributed by atoms with Crippen molar-refractivity contribution in [3.8, 4) is 12.1 Å². The summed E-state index contributed by atoms with van der Waals surface area (Å²) < 4.78 is 0. The van der Waals surface area contributed by atoms with Crippen molar-refractivity contribution in [1.82, 2.24) is 0 Å². The largest absolute Gasteiger partial charge is 0.254 e. The van der Waals surface area contributed by atoms with Crippen molar-refractivity contribution in [2.75, 3.05) is 0 Å². The predicted molar refractivity (Wildman–Crippen MR) is 103 cm³/mol. The maximum Gasteiger partial charge on any atom is 0.0998 e. The number of nitriles is 2. The quantitative estimate of drug-likeness (QED) is 0.634. The van der Waals surface area contributed by atoms with Gasteiger partial charge in [-0.25, -0.2) is 0 Å². The summed E-state index contributed by atoms with van der Waals surface area (Å²) in [6.45, 7) is 0. The first-order chi connectivity index (χ1) is 12.8. The fourth-order valence-corrected chi connectivity index (χ4v) is 2.38. The summed E-state index contributed by atoms with van der Waals surface area (Å²) in [6, 6.07) is 26.3. The second-order valence-corrected chi connectivity index (χ2v) is 5.40. The lowest BCUT2D eigenvalue weighted by Gasteiger charge is -2.01. The van der Waals surface area contributed by atoms with E-state index in [4.69, 9.17) is 10.5 Å².